The molecule has 0 saturated carbocycles. The van der Waals surface area contributed by atoms with Gasteiger partial charge in [-0.05, 0) is 75.1 Å². The highest BCUT2D eigenvalue weighted by molar-refractivity contribution is 7.89. The molecule has 0 bridgehead atoms. The zero-order valence-corrected chi connectivity index (χ0v) is 24.9. The number of benzene rings is 2. The smallest absolute Gasteiger partial charge is 0.243 e. The minimum absolute atomic E-state index is 0.0159. The molecule has 2 fully saturated rings. The predicted molar refractivity (Wildman–Crippen MR) is 154 cm³/mol. The van der Waals surface area contributed by atoms with Crippen LogP contribution in [0.3, 0.4) is 0 Å². The van der Waals surface area contributed by atoms with Crippen LogP contribution in [0.1, 0.15) is 38.7 Å². The zero-order valence-electron chi connectivity index (χ0n) is 23.4. The van der Waals surface area contributed by atoms with Gasteiger partial charge < -0.3 is 9.80 Å². The Balaban J connectivity index is 1.38. The van der Waals surface area contributed by atoms with Crippen LogP contribution < -0.4 is 4.90 Å². The molecule has 2 aromatic rings. The number of rotatable bonds is 8. The molecular formula is C29H38ClFN4O4S. The number of anilines is 1. The molecule has 2 saturated heterocycles. The Labute approximate surface area is 241 Å². The van der Waals surface area contributed by atoms with E-state index in [1.165, 1.54) is 16.4 Å². The van der Waals surface area contributed by atoms with Crippen LogP contribution in [0.5, 0.6) is 0 Å². The maximum absolute atomic E-state index is 13.7. The van der Waals surface area contributed by atoms with Crippen LogP contribution in [-0.4, -0.2) is 86.2 Å². The molecule has 4 rings (SSSR count). The Morgan fingerprint density at radius 3 is 2.33 bits per heavy atom. The summed E-state index contributed by atoms with van der Waals surface area (Å²) in [4.78, 5) is 31.4. The van der Waals surface area contributed by atoms with Gasteiger partial charge in [0.25, 0.3) is 0 Å². The van der Waals surface area contributed by atoms with Gasteiger partial charge in [0.05, 0.1) is 4.90 Å². The number of hydrogen-bond acceptors (Lipinski definition) is 5. The first-order valence-electron chi connectivity index (χ1n) is 13.8. The van der Waals surface area contributed by atoms with E-state index >= 15 is 0 Å². The molecule has 40 heavy (non-hydrogen) atoms. The van der Waals surface area contributed by atoms with Crippen molar-refractivity contribution in [2.75, 3.05) is 50.7 Å². The number of carbonyl (C=O) groups excluding carboxylic acids is 2. The zero-order chi connectivity index (χ0) is 29.0. The summed E-state index contributed by atoms with van der Waals surface area (Å²) in [5.41, 5.74) is 1.70. The molecule has 0 aliphatic carbocycles. The Bertz CT molecular complexity index is 1320. The summed E-state index contributed by atoms with van der Waals surface area (Å²) in [6.45, 7) is 9.10. The van der Waals surface area contributed by atoms with Gasteiger partial charge in [-0.1, -0.05) is 17.7 Å². The largest absolute Gasteiger partial charge is 0.343 e. The van der Waals surface area contributed by atoms with Crippen molar-refractivity contribution in [3.8, 4) is 0 Å². The van der Waals surface area contributed by atoms with Gasteiger partial charge in [-0.15, -0.1) is 0 Å². The van der Waals surface area contributed by atoms with E-state index in [0.29, 0.717) is 70.1 Å². The number of halogens is 2. The molecule has 2 amide bonds. The van der Waals surface area contributed by atoms with Crippen molar-refractivity contribution < 1.29 is 22.4 Å². The highest BCUT2D eigenvalue weighted by Crippen LogP contribution is 2.28. The van der Waals surface area contributed by atoms with Gasteiger partial charge in [-0.3, -0.25) is 14.5 Å². The molecule has 218 valence electrons. The van der Waals surface area contributed by atoms with Crippen LogP contribution in [0, 0.1) is 18.7 Å². The molecule has 1 atom stereocenters. The molecule has 0 radical (unpaired) electrons. The Hall–Kier alpha value is -2.53. The van der Waals surface area contributed by atoms with Crippen molar-refractivity contribution in [2.24, 2.45) is 5.92 Å². The van der Waals surface area contributed by atoms with Crippen molar-refractivity contribution in [2.45, 2.75) is 51.0 Å². The number of likely N-dealkylation sites (tertiary alicyclic amines) is 1. The number of nitrogens with zero attached hydrogens (tertiary/aromatic N) is 4. The number of sulfonamides is 1. The van der Waals surface area contributed by atoms with E-state index in [-0.39, 0.29) is 28.7 Å². The van der Waals surface area contributed by atoms with E-state index in [0.717, 1.165) is 23.4 Å². The summed E-state index contributed by atoms with van der Waals surface area (Å²) in [5, 5.41) is 0.605. The molecular weight excluding hydrogens is 555 g/mol. The van der Waals surface area contributed by atoms with Crippen LogP contribution in [0.25, 0.3) is 0 Å². The van der Waals surface area contributed by atoms with Crippen LogP contribution in [0.15, 0.2) is 47.4 Å². The third-order valence-electron chi connectivity index (χ3n) is 8.03. The molecule has 1 unspecified atom stereocenters. The Kier molecular flexibility index (Phi) is 9.87. The fourth-order valence-corrected chi connectivity index (χ4v) is 7.16. The lowest BCUT2D eigenvalue weighted by Gasteiger charge is -2.39. The van der Waals surface area contributed by atoms with Crippen LogP contribution in [0.4, 0.5) is 10.1 Å². The minimum Gasteiger partial charge on any atom is -0.343 e. The number of carbonyl (C=O) groups is 2. The van der Waals surface area contributed by atoms with Crippen molar-refractivity contribution in [1.82, 2.24) is 14.1 Å². The monoisotopic (exact) mass is 592 g/mol. The number of piperidine rings is 1. The van der Waals surface area contributed by atoms with Gasteiger partial charge in [-0.25, -0.2) is 12.8 Å². The average Bonchev–Trinajstić information content (AvgIpc) is 2.93. The molecule has 2 aliphatic rings. The van der Waals surface area contributed by atoms with E-state index < -0.39 is 15.8 Å². The second kappa shape index (κ2) is 13.0. The highest BCUT2D eigenvalue weighted by atomic mass is 35.5. The minimum atomic E-state index is -3.70. The maximum Gasteiger partial charge on any atom is 0.243 e. The third-order valence-corrected chi connectivity index (χ3v) is 10.3. The molecule has 0 aromatic heterocycles. The van der Waals surface area contributed by atoms with E-state index in [2.05, 4.69) is 4.90 Å². The Morgan fingerprint density at radius 2 is 1.73 bits per heavy atom. The second-order valence-corrected chi connectivity index (χ2v) is 13.1. The molecule has 8 nitrogen and oxygen atoms in total. The summed E-state index contributed by atoms with van der Waals surface area (Å²) in [6, 6.07) is 10.6. The maximum atomic E-state index is 13.7. The van der Waals surface area contributed by atoms with Gasteiger partial charge in [0.15, 0.2) is 0 Å². The lowest BCUT2D eigenvalue weighted by atomic mass is 9.94. The molecule has 2 aliphatic heterocycles. The standard InChI is InChI=1S/C29H38ClFN4O4S/c1-21-5-8-26(19-28(21)30)35(29(37)24-11-15-33(16-12-24)23(3)36)14-4-13-32-17-18-34(20-22(32)2)40(38,39)27-9-6-25(31)7-10-27/h5-10,19,22,24H,4,11-18,20H2,1-3H3. The Morgan fingerprint density at radius 1 is 1.05 bits per heavy atom. The number of hydrogen-bond donors (Lipinski definition) is 0. The molecule has 0 N–H and O–H groups in total. The summed E-state index contributed by atoms with van der Waals surface area (Å²) < 4.78 is 40.9. The summed E-state index contributed by atoms with van der Waals surface area (Å²) in [7, 11) is -3.70. The second-order valence-electron chi connectivity index (χ2n) is 10.8. The first-order chi connectivity index (χ1) is 19.0. The van der Waals surface area contributed by atoms with Gasteiger partial charge in [0.1, 0.15) is 5.82 Å². The van der Waals surface area contributed by atoms with Crippen LogP contribution in [-0.2, 0) is 19.6 Å². The topological polar surface area (TPSA) is 81.2 Å². The van der Waals surface area contributed by atoms with E-state index in [1.54, 1.807) is 11.8 Å². The average molecular weight is 593 g/mol. The van der Waals surface area contributed by atoms with Crippen LogP contribution >= 0.6 is 11.6 Å². The van der Waals surface area contributed by atoms with Crippen molar-refractivity contribution in [3.05, 3.63) is 58.9 Å². The van der Waals surface area contributed by atoms with Gasteiger partial charge in [0.2, 0.25) is 21.8 Å². The number of amides is 2. The van der Waals surface area contributed by atoms with Crippen molar-refractivity contribution in [1.29, 1.82) is 0 Å². The molecule has 0 spiro atoms. The first-order valence-corrected chi connectivity index (χ1v) is 15.6. The lowest BCUT2D eigenvalue weighted by molar-refractivity contribution is -0.133. The fourth-order valence-electron chi connectivity index (χ4n) is 5.48. The summed E-state index contributed by atoms with van der Waals surface area (Å²) in [6.07, 6.45) is 1.98. The van der Waals surface area contributed by atoms with Gasteiger partial charge >= 0.3 is 0 Å². The highest BCUT2D eigenvalue weighted by Gasteiger charge is 2.33. The van der Waals surface area contributed by atoms with Gasteiger partial charge in [-0.2, -0.15) is 4.31 Å². The van der Waals surface area contributed by atoms with E-state index in [9.17, 15) is 22.4 Å². The number of aryl methyl sites for hydroxylation is 1. The number of piperazine rings is 1. The van der Waals surface area contributed by atoms with Gasteiger partial charge in [0, 0.05) is 75.4 Å². The predicted octanol–water partition coefficient (Wildman–Crippen LogP) is 4.16. The van der Waals surface area contributed by atoms with E-state index in [1.807, 2.05) is 36.9 Å². The van der Waals surface area contributed by atoms with Crippen molar-refractivity contribution in [3.63, 3.8) is 0 Å². The van der Waals surface area contributed by atoms with Crippen LogP contribution in [0.2, 0.25) is 5.02 Å². The van der Waals surface area contributed by atoms with Crippen molar-refractivity contribution >= 4 is 39.1 Å². The molecule has 11 heteroatoms. The molecule has 2 aromatic carbocycles. The fraction of sp³-hybridized carbons (Fsp3) is 0.517. The normalized spacial score (nSPS) is 19.5. The summed E-state index contributed by atoms with van der Waals surface area (Å²) >= 11 is 6.42. The lowest BCUT2D eigenvalue weighted by Crippen LogP contribution is -2.54. The first kappa shape index (κ1) is 30.4. The third kappa shape index (κ3) is 7.02. The van der Waals surface area contributed by atoms with E-state index in [4.69, 9.17) is 11.6 Å². The molecule has 2 heterocycles. The summed E-state index contributed by atoms with van der Waals surface area (Å²) in [5.74, 6) is -0.548. The quantitative estimate of drug-likeness (QED) is 0.460. The SMILES string of the molecule is CC(=O)N1CCC(C(=O)N(CCCN2CCN(S(=O)(=O)c3ccc(F)cc3)CC2C)c2ccc(C)c(Cl)c2)CC1.